The Labute approximate surface area is 148 Å². The molecule has 0 bridgehead atoms. The molecule has 1 saturated heterocycles. The maximum atomic E-state index is 11.3. The molecule has 0 radical (unpaired) electrons. The number of pyridine rings is 1. The van der Waals surface area contributed by atoms with Gasteiger partial charge in [0, 0.05) is 69.7 Å². The van der Waals surface area contributed by atoms with E-state index in [2.05, 4.69) is 24.8 Å². The van der Waals surface area contributed by atoms with Gasteiger partial charge < -0.3 is 0 Å². The van der Waals surface area contributed by atoms with Crippen molar-refractivity contribution in [3.63, 3.8) is 0 Å². The maximum absolute atomic E-state index is 11.3. The van der Waals surface area contributed by atoms with Crippen molar-refractivity contribution in [2.24, 2.45) is 0 Å². The Morgan fingerprint density at radius 1 is 1.00 bits per heavy atom. The zero-order chi connectivity index (χ0) is 17.7. The van der Waals surface area contributed by atoms with Gasteiger partial charge in [-0.05, 0) is 12.1 Å². The van der Waals surface area contributed by atoms with E-state index < -0.39 is 9.84 Å². The van der Waals surface area contributed by atoms with Crippen molar-refractivity contribution < 1.29 is 8.42 Å². The Kier molecular flexibility index (Phi) is 5.72. The predicted molar refractivity (Wildman–Crippen MR) is 96.7 cm³/mol. The number of aromatic nitrogens is 3. The number of sulfone groups is 1. The Bertz CT molecular complexity index is 772. The summed E-state index contributed by atoms with van der Waals surface area (Å²) in [5.74, 6) is 0.866. The fourth-order valence-electron chi connectivity index (χ4n) is 2.79. The third-order valence-corrected chi connectivity index (χ3v) is 5.17. The SMILES string of the molecule is CS(=O)(=O)CCN1CCN(Cc2cnc(-c3ccccn3)nc2)CC1. The van der Waals surface area contributed by atoms with Crippen molar-refractivity contribution in [2.45, 2.75) is 6.54 Å². The molecule has 1 aliphatic rings. The quantitative estimate of drug-likeness (QED) is 0.749. The first-order chi connectivity index (χ1) is 12.0. The summed E-state index contributed by atoms with van der Waals surface area (Å²) >= 11 is 0. The molecule has 0 aliphatic carbocycles. The summed E-state index contributed by atoms with van der Waals surface area (Å²) in [6.45, 7) is 5.05. The molecule has 1 fully saturated rings. The summed E-state index contributed by atoms with van der Waals surface area (Å²) < 4.78 is 22.5. The number of hydrogen-bond donors (Lipinski definition) is 0. The van der Waals surface area contributed by atoms with E-state index in [1.165, 1.54) is 6.26 Å². The first-order valence-electron chi connectivity index (χ1n) is 8.34. The first kappa shape index (κ1) is 17.9. The van der Waals surface area contributed by atoms with Crippen LogP contribution in [0.5, 0.6) is 0 Å². The molecule has 8 heteroatoms. The molecule has 0 atom stereocenters. The van der Waals surface area contributed by atoms with Crippen LogP contribution in [0.2, 0.25) is 0 Å². The van der Waals surface area contributed by atoms with Gasteiger partial charge in [-0.25, -0.2) is 18.4 Å². The van der Waals surface area contributed by atoms with E-state index in [4.69, 9.17) is 0 Å². The highest BCUT2D eigenvalue weighted by molar-refractivity contribution is 7.90. The van der Waals surface area contributed by atoms with Crippen molar-refractivity contribution in [3.8, 4) is 11.5 Å². The molecule has 0 N–H and O–H groups in total. The van der Waals surface area contributed by atoms with Gasteiger partial charge in [0.15, 0.2) is 5.82 Å². The molecule has 0 unspecified atom stereocenters. The van der Waals surface area contributed by atoms with Gasteiger partial charge in [-0.2, -0.15) is 0 Å². The van der Waals surface area contributed by atoms with E-state index in [9.17, 15) is 8.42 Å². The van der Waals surface area contributed by atoms with Gasteiger partial charge in [0.2, 0.25) is 0 Å². The van der Waals surface area contributed by atoms with Crippen LogP contribution in [0, 0.1) is 0 Å². The number of piperazine rings is 1. The largest absolute Gasteiger partial charge is 0.300 e. The standard InChI is InChI=1S/C17H23N5O2S/c1-25(23,24)11-10-21-6-8-22(9-7-21)14-15-12-19-17(20-13-15)16-4-2-3-5-18-16/h2-5,12-13H,6-11,14H2,1H3. The predicted octanol–water partition coefficient (Wildman–Crippen LogP) is 0.701. The summed E-state index contributed by atoms with van der Waals surface area (Å²) in [5, 5.41) is 0. The van der Waals surface area contributed by atoms with Crippen LogP contribution in [0.3, 0.4) is 0 Å². The van der Waals surface area contributed by atoms with E-state index in [0.717, 1.165) is 44.0 Å². The van der Waals surface area contributed by atoms with E-state index >= 15 is 0 Å². The van der Waals surface area contributed by atoms with E-state index in [1.54, 1.807) is 6.20 Å². The topological polar surface area (TPSA) is 79.3 Å². The third-order valence-electron chi connectivity index (χ3n) is 4.25. The van der Waals surface area contributed by atoms with Crippen molar-refractivity contribution in [3.05, 3.63) is 42.4 Å². The smallest absolute Gasteiger partial charge is 0.178 e. The Morgan fingerprint density at radius 2 is 1.68 bits per heavy atom. The second kappa shape index (κ2) is 7.99. The van der Waals surface area contributed by atoms with Crippen LogP contribution in [0.4, 0.5) is 0 Å². The van der Waals surface area contributed by atoms with Crippen LogP contribution >= 0.6 is 0 Å². The Hall–Kier alpha value is -1.90. The summed E-state index contributed by atoms with van der Waals surface area (Å²) in [6, 6.07) is 5.68. The lowest BCUT2D eigenvalue weighted by molar-refractivity contribution is 0.132. The molecular formula is C17H23N5O2S. The lowest BCUT2D eigenvalue weighted by Gasteiger charge is -2.34. The average molecular weight is 361 g/mol. The zero-order valence-corrected chi connectivity index (χ0v) is 15.2. The Morgan fingerprint density at radius 3 is 2.28 bits per heavy atom. The molecular weight excluding hydrogens is 338 g/mol. The zero-order valence-electron chi connectivity index (χ0n) is 14.4. The molecule has 134 valence electrons. The minimum atomic E-state index is -2.89. The summed E-state index contributed by atoms with van der Waals surface area (Å²) in [5.41, 5.74) is 1.85. The summed E-state index contributed by atoms with van der Waals surface area (Å²) in [4.78, 5) is 17.6. The highest BCUT2D eigenvalue weighted by Crippen LogP contribution is 2.12. The fourth-order valence-corrected chi connectivity index (χ4v) is 3.38. The van der Waals surface area contributed by atoms with Crippen LogP contribution in [0.1, 0.15) is 5.56 Å². The Balaban J connectivity index is 1.49. The van der Waals surface area contributed by atoms with E-state index in [-0.39, 0.29) is 5.75 Å². The highest BCUT2D eigenvalue weighted by atomic mass is 32.2. The van der Waals surface area contributed by atoms with Crippen LogP contribution in [-0.2, 0) is 16.4 Å². The molecule has 25 heavy (non-hydrogen) atoms. The molecule has 0 saturated carbocycles. The molecule has 0 aromatic carbocycles. The molecule has 2 aromatic rings. The van der Waals surface area contributed by atoms with Gasteiger partial charge in [0.25, 0.3) is 0 Å². The summed E-state index contributed by atoms with van der Waals surface area (Å²) in [6.07, 6.45) is 6.73. The molecule has 0 spiro atoms. The lowest BCUT2D eigenvalue weighted by Crippen LogP contribution is -2.47. The van der Waals surface area contributed by atoms with Gasteiger partial charge in [-0.3, -0.25) is 14.8 Å². The van der Waals surface area contributed by atoms with Gasteiger partial charge >= 0.3 is 0 Å². The minimum Gasteiger partial charge on any atom is -0.300 e. The van der Waals surface area contributed by atoms with Gasteiger partial charge in [0.05, 0.1) is 5.75 Å². The van der Waals surface area contributed by atoms with Crippen LogP contribution in [0.25, 0.3) is 11.5 Å². The van der Waals surface area contributed by atoms with E-state index in [1.807, 2.05) is 30.6 Å². The average Bonchev–Trinajstić information content (AvgIpc) is 2.62. The van der Waals surface area contributed by atoms with Crippen LogP contribution in [0.15, 0.2) is 36.8 Å². The first-order valence-corrected chi connectivity index (χ1v) is 10.4. The van der Waals surface area contributed by atoms with E-state index in [0.29, 0.717) is 12.4 Å². The van der Waals surface area contributed by atoms with Gasteiger partial charge in [-0.15, -0.1) is 0 Å². The molecule has 3 rings (SSSR count). The second-order valence-electron chi connectivity index (χ2n) is 6.38. The number of hydrogen-bond acceptors (Lipinski definition) is 7. The minimum absolute atomic E-state index is 0.232. The number of nitrogens with zero attached hydrogens (tertiary/aromatic N) is 5. The van der Waals surface area contributed by atoms with Crippen molar-refractivity contribution in [2.75, 3.05) is 44.7 Å². The van der Waals surface area contributed by atoms with Crippen molar-refractivity contribution in [1.29, 1.82) is 0 Å². The van der Waals surface area contributed by atoms with Crippen molar-refractivity contribution >= 4 is 9.84 Å². The van der Waals surface area contributed by atoms with Gasteiger partial charge in [0.1, 0.15) is 15.5 Å². The molecule has 7 nitrogen and oxygen atoms in total. The number of rotatable bonds is 6. The molecule has 2 aromatic heterocycles. The van der Waals surface area contributed by atoms with Crippen LogP contribution in [-0.4, -0.2) is 77.9 Å². The fraction of sp³-hybridized carbons (Fsp3) is 0.471. The molecule has 1 aliphatic heterocycles. The van der Waals surface area contributed by atoms with Crippen molar-refractivity contribution in [1.82, 2.24) is 24.8 Å². The molecule has 0 amide bonds. The molecule has 3 heterocycles. The second-order valence-corrected chi connectivity index (χ2v) is 8.64. The normalized spacial score (nSPS) is 16.8. The monoisotopic (exact) mass is 361 g/mol. The third kappa shape index (κ3) is 5.55. The van der Waals surface area contributed by atoms with Crippen LogP contribution < -0.4 is 0 Å². The lowest BCUT2D eigenvalue weighted by atomic mass is 10.2. The highest BCUT2D eigenvalue weighted by Gasteiger charge is 2.18. The van der Waals surface area contributed by atoms with Gasteiger partial charge in [-0.1, -0.05) is 6.07 Å². The maximum Gasteiger partial charge on any atom is 0.178 e. The summed E-state index contributed by atoms with van der Waals surface area (Å²) in [7, 11) is -2.89.